The number of aliphatic hydroxyl groups is 7. The third kappa shape index (κ3) is 24.5. The lowest BCUT2D eigenvalue weighted by Crippen LogP contribution is -2.64. The maximum atomic E-state index is 13.0. The molecule has 0 aromatic rings. The highest BCUT2D eigenvalue weighted by atomic mass is 31.2. The van der Waals surface area contributed by atoms with Gasteiger partial charge in [-0.05, 0) is 38.5 Å². The van der Waals surface area contributed by atoms with Crippen molar-refractivity contribution in [3.8, 4) is 0 Å². The molecule has 0 aliphatic heterocycles. The van der Waals surface area contributed by atoms with Crippen LogP contribution in [0.5, 0.6) is 0 Å². The van der Waals surface area contributed by atoms with Crippen molar-refractivity contribution >= 4 is 13.7 Å². The van der Waals surface area contributed by atoms with E-state index in [-0.39, 0.29) is 12.8 Å². The van der Waals surface area contributed by atoms with Crippen LogP contribution in [0.25, 0.3) is 0 Å². The van der Waals surface area contributed by atoms with E-state index < -0.39 is 75.2 Å². The number of amides is 1. The second-order valence-electron chi connectivity index (χ2n) is 15.7. The summed E-state index contributed by atoms with van der Waals surface area (Å²) in [5.41, 5.74) is 0. The number of carbonyl (C=O) groups excluding carboxylic acids is 1. The molecule has 1 saturated carbocycles. The van der Waals surface area contributed by atoms with E-state index in [2.05, 4.69) is 31.3 Å². The minimum absolute atomic E-state index is 0.225. The van der Waals surface area contributed by atoms with Gasteiger partial charge >= 0.3 is 7.82 Å². The Morgan fingerprint density at radius 1 is 0.618 bits per heavy atom. The first-order valence-electron chi connectivity index (χ1n) is 21.7. The molecule has 0 aromatic heterocycles. The Bertz CT molecular complexity index is 1010. The zero-order chi connectivity index (χ0) is 40.9. The summed E-state index contributed by atoms with van der Waals surface area (Å²) in [7, 11) is -5.11. The van der Waals surface area contributed by atoms with E-state index in [9.17, 15) is 50.0 Å². The first-order valence-corrected chi connectivity index (χ1v) is 23.2. The summed E-state index contributed by atoms with van der Waals surface area (Å²) >= 11 is 0. The summed E-state index contributed by atoms with van der Waals surface area (Å²) < 4.78 is 22.8. The fourth-order valence-electron chi connectivity index (χ4n) is 7.00. The van der Waals surface area contributed by atoms with Crippen molar-refractivity contribution in [3.63, 3.8) is 0 Å². The molecule has 1 fully saturated rings. The zero-order valence-electron chi connectivity index (χ0n) is 34.1. The van der Waals surface area contributed by atoms with Gasteiger partial charge in [0.25, 0.3) is 0 Å². The van der Waals surface area contributed by atoms with Crippen molar-refractivity contribution in [2.24, 2.45) is 0 Å². The normalized spacial score (nSPS) is 24.5. The number of unbranched alkanes of at least 4 members (excludes halogenated alkanes) is 20. The van der Waals surface area contributed by atoms with Gasteiger partial charge < -0.3 is 46.0 Å². The summed E-state index contributed by atoms with van der Waals surface area (Å²) in [5.74, 6) is -0.566. The zero-order valence-corrected chi connectivity index (χ0v) is 35.0. The molecule has 8 atom stereocenters. The smallest absolute Gasteiger partial charge is 0.393 e. The van der Waals surface area contributed by atoms with Crippen LogP contribution in [0, 0.1) is 0 Å². The molecule has 9 N–H and O–H groups in total. The predicted octanol–water partition coefficient (Wildman–Crippen LogP) is 6.25. The van der Waals surface area contributed by atoms with E-state index in [1.54, 1.807) is 0 Å². The minimum atomic E-state index is -5.11. The average Bonchev–Trinajstić information content (AvgIpc) is 3.15. The number of carbonyl (C=O) groups is 1. The van der Waals surface area contributed by atoms with Gasteiger partial charge in [-0.25, -0.2) is 4.57 Å². The second-order valence-corrected chi connectivity index (χ2v) is 17.1. The Hall–Kier alpha value is -0.960. The molecule has 0 spiro atoms. The van der Waals surface area contributed by atoms with Crippen molar-refractivity contribution < 1.29 is 59.0 Å². The largest absolute Gasteiger partial charge is 0.472 e. The number of hydrogen-bond acceptors (Lipinski definition) is 11. The van der Waals surface area contributed by atoms with E-state index in [1.165, 1.54) is 70.6 Å². The number of phosphoric acid groups is 1. The van der Waals surface area contributed by atoms with Crippen molar-refractivity contribution in [3.05, 3.63) is 12.2 Å². The topological polar surface area (TPSA) is 226 Å². The lowest BCUT2D eigenvalue weighted by atomic mass is 9.85. The van der Waals surface area contributed by atoms with Gasteiger partial charge in [-0.2, -0.15) is 0 Å². The molecule has 14 heteroatoms. The number of rotatable bonds is 35. The molecular weight excluding hydrogens is 729 g/mol. The van der Waals surface area contributed by atoms with Gasteiger partial charge in [0.1, 0.15) is 36.6 Å². The lowest BCUT2D eigenvalue weighted by Gasteiger charge is -2.41. The molecule has 1 aliphatic rings. The van der Waals surface area contributed by atoms with E-state index in [0.717, 1.165) is 70.6 Å². The Labute approximate surface area is 331 Å². The minimum Gasteiger partial charge on any atom is -0.393 e. The van der Waals surface area contributed by atoms with Gasteiger partial charge in [0.15, 0.2) is 0 Å². The van der Waals surface area contributed by atoms with Crippen LogP contribution in [-0.2, 0) is 18.4 Å². The summed E-state index contributed by atoms with van der Waals surface area (Å²) in [6.07, 6.45) is 17.0. The van der Waals surface area contributed by atoms with E-state index >= 15 is 0 Å². The fraction of sp³-hybridized carbons (Fsp3) is 0.927. The molecule has 1 amide bonds. The molecule has 0 bridgehead atoms. The van der Waals surface area contributed by atoms with Crippen LogP contribution < -0.4 is 5.32 Å². The van der Waals surface area contributed by atoms with Gasteiger partial charge in [0.2, 0.25) is 5.91 Å². The molecule has 1 aliphatic carbocycles. The van der Waals surface area contributed by atoms with Crippen molar-refractivity contribution in [2.75, 3.05) is 6.61 Å². The Morgan fingerprint density at radius 3 is 1.51 bits per heavy atom. The van der Waals surface area contributed by atoms with Gasteiger partial charge in [0, 0.05) is 0 Å². The molecule has 1 rings (SSSR count). The van der Waals surface area contributed by atoms with Crippen LogP contribution in [0.15, 0.2) is 12.2 Å². The number of phosphoric ester groups is 1. The molecule has 0 aromatic carbocycles. The third-order valence-electron chi connectivity index (χ3n) is 10.6. The summed E-state index contributed by atoms with van der Waals surface area (Å²) in [6.45, 7) is 3.74. The van der Waals surface area contributed by atoms with E-state index in [1.807, 2.05) is 0 Å². The van der Waals surface area contributed by atoms with Gasteiger partial charge in [-0.15, -0.1) is 0 Å². The van der Waals surface area contributed by atoms with Gasteiger partial charge in [-0.3, -0.25) is 13.8 Å². The second kappa shape index (κ2) is 32.0. The van der Waals surface area contributed by atoms with E-state index in [0.29, 0.717) is 12.8 Å². The van der Waals surface area contributed by atoms with E-state index in [4.69, 9.17) is 9.05 Å². The third-order valence-corrected chi connectivity index (χ3v) is 11.6. The number of hydrogen-bond donors (Lipinski definition) is 9. The van der Waals surface area contributed by atoms with Crippen LogP contribution in [0.3, 0.4) is 0 Å². The van der Waals surface area contributed by atoms with Crippen LogP contribution in [0.1, 0.15) is 181 Å². The Morgan fingerprint density at radius 2 is 1.02 bits per heavy atom. The molecule has 0 saturated heterocycles. The maximum Gasteiger partial charge on any atom is 0.472 e. The Balaban J connectivity index is 2.57. The first-order chi connectivity index (χ1) is 26.3. The van der Waals surface area contributed by atoms with Crippen LogP contribution >= 0.6 is 7.82 Å². The molecule has 0 radical (unpaired) electrons. The molecular formula is C41H80NO12P. The van der Waals surface area contributed by atoms with Crippen molar-refractivity contribution in [1.82, 2.24) is 5.32 Å². The summed E-state index contributed by atoms with van der Waals surface area (Å²) in [5, 5.41) is 74.4. The SMILES string of the molecule is CCCCCC/C=C\CCCCCCCC(O)CC(=O)NC(COP(=O)(O)OC1C(O)C(O)C(O)C(O)C1O)C(O)CCCCCCCCCCCCCC. The summed E-state index contributed by atoms with van der Waals surface area (Å²) in [4.78, 5) is 23.4. The van der Waals surface area contributed by atoms with Gasteiger partial charge in [-0.1, -0.05) is 148 Å². The van der Waals surface area contributed by atoms with Crippen molar-refractivity contribution in [2.45, 2.75) is 236 Å². The first kappa shape index (κ1) is 52.1. The highest BCUT2D eigenvalue weighted by Gasteiger charge is 2.51. The average molecular weight is 810 g/mol. The highest BCUT2D eigenvalue weighted by Crippen LogP contribution is 2.47. The quantitative estimate of drug-likeness (QED) is 0.0197. The highest BCUT2D eigenvalue weighted by molar-refractivity contribution is 7.47. The molecule has 0 heterocycles. The number of nitrogens with one attached hydrogen (secondary N) is 1. The number of allylic oxidation sites excluding steroid dienone is 2. The van der Waals surface area contributed by atoms with Crippen LogP contribution in [0.4, 0.5) is 0 Å². The fourth-order valence-corrected chi connectivity index (χ4v) is 7.97. The van der Waals surface area contributed by atoms with Crippen LogP contribution in [0.2, 0.25) is 0 Å². The molecule has 326 valence electrons. The van der Waals surface area contributed by atoms with Crippen molar-refractivity contribution in [1.29, 1.82) is 0 Å². The monoisotopic (exact) mass is 810 g/mol. The predicted molar refractivity (Wildman–Crippen MR) is 215 cm³/mol. The lowest BCUT2D eigenvalue weighted by molar-refractivity contribution is -0.220. The standard InChI is InChI=1S/C41H80NO12P/c1-3-5-7-9-11-13-15-17-18-20-22-24-26-28-32(43)30-35(45)42-33(34(44)29-27-25-23-21-19-16-14-12-10-8-6-4-2)31-53-55(51,52)54-41-39(49)37(47)36(46)38(48)40(41)50/h13,15,32-34,36-41,43-44,46-50H,3-12,14,16-31H2,1-2H3,(H,42,45)(H,51,52)/b15-13-. The molecule has 8 unspecified atom stereocenters. The Kier molecular flexibility index (Phi) is 30.3. The number of aliphatic hydroxyl groups excluding tert-OH is 7. The molecule has 13 nitrogen and oxygen atoms in total. The summed E-state index contributed by atoms with van der Waals surface area (Å²) in [6, 6.07) is -1.15. The van der Waals surface area contributed by atoms with Crippen LogP contribution in [-0.4, -0.2) is 108 Å². The maximum absolute atomic E-state index is 13.0. The van der Waals surface area contributed by atoms with Gasteiger partial charge in [0.05, 0.1) is 31.3 Å². The molecule has 55 heavy (non-hydrogen) atoms.